The van der Waals surface area contributed by atoms with Crippen molar-refractivity contribution in [1.82, 2.24) is 9.97 Å². The van der Waals surface area contributed by atoms with Crippen molar-refractivity contribution in [2.75, 3.05) is 29.5 Å². The summed E-state index contributed by atoms with van der Waals surface area (Å²) in [5.74, 6) is 2.07. The maximum atomic E-state index is 6.11. The Kier molecular flexibility index (Phi) is 5.80. The molecule has 0 fully saturated rings. The third-order valence-corrected chi connectivity index (χ3v) is 4.08. The largest absolute Gasteiger partial charge is 0.393 e. The normalized spacial score (nSPS) is 10.8. The Labute approximate surface area is 130 Å². The Morgan fingerprint density at radius 1 is 1.19 bits per heavy atom. The van der Waals surface area contributed by atoms with E-state index in [1.807, 2.05) is 0 Å². The van der Waals surface area contributed by atoms with Gasteiger partial charge >= 0.3 is 0 Å². The monoisotopic (exact) mass is 305 g/mol. The number of thiophene rings is 1. The van der Waals surface area contributed by atoms with Crippen LogP contribution >= 0.6 is 11.3 Å². The van der Waals surface area contributed by atoms with E-state index in [1.165, 1.54) is 4.88 Å². The van der Waals surface area contributed by atoms with Crippen molar-refractivity contribution in [2.24, 2.45) is 5.92 Å². The smallest absolute Gasteiger partial charge is 0.154 e. The Balaban J connectivity index is 1.87. The molecule has 0 bridgehead atoms. The van der Waals surface area contributed by atoms with E-state index in [1.54, 1.807) is 17.7 Å². The number of nitrogens with one attached hydrogen (secondary N) is 2. The third-order valence-electron chi connectivity index (χ3n) is 3.14. The zero-order chi connectivity index (χ0) is 15.1. The SMILES string of the molecule is CC(C)CCNc1ncnc(NCCc2cccs2)c1N. The first-order chi connectivity index (χ1) is 10.2. The predicted molar refractivity (Wildman–Crippen MR) is 90.9 cm³/mol. The second-order valence-electron chi connectivity index (χ2n) is 5.35. The molecule has 6 heteroatoms. The number of hydrogen-bond donors (Lipinski definition) is 3. The lowest BCUT2D eigenvalue weighted by molar-refractivity contribution is 0.606. The molecule has 2 aromatic rings. The summed E-state index contributed by atoms with van der Waals surface area (Å²) >= 11 is 1.76. The van der Waals surface area contributed by atoms with Crippen molar-refractivity contribution in [2.45, 2.75) is 26.7 Å². The Morgan fingerprint density at radius 2 is 1.90 bits per heavy atom. The van der Waals surface area contributed by atoms with Crippen LogP contribution in [0.5, 0.6) is 0 Å². The van der Waals surface area contributed by atoms with Crippen molar-refractivity contribution in [1.29, 1.82) is 0 Å². The lowest BCUT2D eigenvalue weighted by Crippen LogP contribution is -2.12. The van der Waals surface area contributed by atoms with Gasteiger partial charge in [-0.2, -0.15) is 0 Å². The predicted octanol–water partition coefficient (Wildman–Crippen LogP) is 3.23. The lowest BCUT2D eigenvalue weighted by atomic mass is 10.1. The van der Waals surface area contributed by atoms with E-state index in [2.05, 4.69) is 52.0 Å². The minimum atomic E-state index is 0.590. The van der Waals surface area contributed by atoms with Gasteiger partial charge < -0.3 is 16.4 Å². The van der Waals surface area contributed by atoms with E-state index in [0.717, 1.165) is 25.9 Å². The fourth-order valence-corrected chi connectivity index (χ4v) is 2.62. The van der Waals surface area contributed by atoms with E-state index in [9.17, 15) is 0 Å². The summed E-state index contributed by atoms with van der Waals surface area (Å²) in [6.07, 6.45) is 3.60. The van der Waals surface area contributed by atoms with Gasteiger partial charge in [0, 0.05) is 18.0 Å². The average molecular weight is 305 g/mol. The maximum absolute atomic E-state index is 6.11. The zero-order valence-electron chi connectivity index (χ0n) is 12.6. The van der Waals surface area contributed by atoms with Gasteiger partial charge in [-0.05, 0) is 30.2 Å². The molecule has 0 aliphatic heterocycles. The molecule has 2 rings (SSSR count). The van der Waals surface area contributed by atoms with E-state index >= 15 is 0 Å². The Bertz CT molecular complexity index is 539. The van der Waals surface area contributed by atoms with E-state index in [-0.39, 0.29) is 0 Å². The molecule has 0 spiro atoms. The zero-order valence-corrected chi connectivity index (χ0v) is 13.4. The molecular weight excluding hydrogens is 282 g/mol. The van der Waals surface area contributed by atoms with Crippen LogP contribution in [0.15, 0.2) is 23.8 Å². The molecule has 0 aromatic carbocycles. The van der Waals surface area contributed by atoms with Gasteiger partial charge in [-0.1, -0.05) is 19.9 Å². The van der Waals surface area contributed by atoms with Crippen molar-refractivity contribution in [3.63, 3.8) is 0 Å². The van der Waals surface area contributed by atoms with Crippen LogP contribution in [0.2, 0.25) is 0 Å². The lowest BCUT2D eigenvalue weighted by Gasteiger charge is -2.13. The van der Waals surface area contributed by atoms with Crippen LogP contribution in [-0.2, 0) is 6.42 Å². The maximum Gasteiger partial charge on any atom is 0.154 e. The van der Waals surface area contributed by atoms with Crippen molar-refractivity contribution in [3.05, 3.63) is 28.7 Å². The van der Waals surface area contributed by atoms with Crippen LogP contribution in [0.25, 0.3) is 0 Å². The van der Waals surface area contributed by atoms with Crippen molar-refractivity contribution >= 4 is 28.7 Å². The first-order valence-corrected chi connectivity index (χ1v) is 8.15. The first-order valence-electron chi connectivity index (χ1n) is 7.27. The number of nitrogens with two attached hydrogens (primary N) is 1. The van der Waals surface area contributed by atoms with Crippen LogP contribution in [0.3, 0.4) is 0 Å². The summed E-state index contributed by atoms with van der Waals surface area (Å²) in [7, 11) is 0. The van der Waals surface area contributed by atoms with Gasteiger partial charge in [0.2, 0.25) is 0 Å². The van der Waals surface area contributed by atoms with Crippen LogP contribution in [0, 0.1) is 5.92 Å². The number of hydrogen-bond acceptors (Lipinski definition) is 6. The van der Waals surface area contributed by atoms with E-state index in [4.69, 9.17) is 5.73 Å². The quantitative estimate of drug-likeness (QED) is 0.698. The summed E-state index contributed by atoms with van der Waals surface area (Å²) < 4.78 is 0. The van der Waals surface area contributed by atoms with Crippen molar-refractivity contribution in [3.8, 4) is 0 Å². The van der Waals surface area contributed by atoms with Gasteiger partial charge in [-0.15, -0.1) is 11.3 Å². The average Bonchev–Trinajstić information content (AvgIpc) is 2.95. The minimum Gasteiger partial charge on any atom is -0.393 e. The number of aromatic nitrogens is 2. The molecule has 0 saturated carbocycles. The molecule has 21 heavy (non-hydrogen) atoms. The van der Waals surface area contributed by atoms with Crippen molar-refractivity contribution < 1.29 is 0 Å². The molecule has 4 N–H and O–H groups in total. The highest BCUT2D eigenvalue weighted by molar-refractivity contribution is 7.09. The second kappa shape index (κ2) is 7.83. The summed E-state index contributed by atoms with van der Waals surface area (Å²) in [4.78, 5) is 9.78. The van der Waals surface area contributed by atoms with Gasteiger partial charge in [0.05, 0.1) is 0 Å². The van der Waals surface area contributed by atoms with E-state index < -0.39 is 0 Å². The van der Waals surface area contributed by atoms with Crippen LogP contribution < -0.4 is 16.4 Å². The Hall–Kier alpha value is -1.82. The molecule has 2 aromatic heterocycles. The van der Waals surface area contributed by atoms with Crippen LogP contribution in [0.4, 0.5) is 17.3 Å². The molecule has 0 amide bonds. The van der Waals surface area contributed by atoms with Crippen LogP contribution in [-0.4, -0.2) is 23.1 Å². The molecule has 0 aliphatic carbocycles. The van der Waals surface area contributed by atoms with Gasteiger partial charge in [0.15, 0.2) is 11.6 Å². The first kappa shape index (κ1) is 15.6. The van der Waals surface area contributed by atoms with Gasteiger partial charge in [0.1, 0.15) is 12.0 Å². The van der Waals surface area contributed by atoms with Crippen LogP contribution in [0.1, 0.15) is 25.1 Å². The highest BCUT2D eigenvalue weighted by atomic mass is 32.1. The topological polar surface area (TPSA) is 75.9 Å². The molecule has 114 valence electrons. The molecule has 0 aliphatic rings. The number of nitrogens with zero attached hydrogens (tertiary/aromatic N) is 2. The Morgan fingerprint density at radius 3 is 2.52 bits per heavy atom. The summed E-state index contributed by atoms with van der Waals surface area (Å²) in [6.45, 7) is 6.08. The van der Waals surface area contributed by atoms with Gasteiger partial charge in [-0.25, -0.2) is 9.97 Å². The second-order valence-corrected chi connectivity index (χ2v) is 6.38. The third kappa shape index (κ3) is 4.90. The molecule has 2 heterocycles. The van der Waals surface area contributed by atoms with Gasteiger partial charge in [0.25, 0.3) is 0 Å². The van der Waals surface area contributed by atoms with E-state index in [0.29, 0.717) is 23.2 Å². The molecule has 0 saturated heterocycles. The number of nitrogen functional groups attached to an aromatic ring is 1. The minimum absolute atomic E-state index is 0.590. The summed E-state index contributed by atoms with van der Waals surface area (Å²) in [5.41, 5.74) is 6.70. The fraction of sp³-hybridized carbons (Fsp3) is 0.467. The molecule has 0 radical (unpaired) electrons. The highest BCUT2D eigenvalue weighted by Gasteiger charge is 2.07. The standard InChI is InChI=1S/C15H23N5S/c1-11(2)5-7-17-14-13(16)15(20-10-19-14)18-8-6-12-4-3-9-21-12/h3-4,9-11H,5-8,16H2,1-2H3,(H2,17,18,19,20). The molecule has 0 unspecified atom stereocenters. The summed E-state index contributed by atoms with van der Waals surface area (Å²) in [6, 6.07) is 4.20. The summed E-state index contributed by atoms with van der Waals surface area (Å²) in [5, 5.41) is 8.64. The molecule has 0 atom stereocenters. The number of anilines is 3. The molecule has 5 nitrogen and oxygen atoms in total. The highest BCUT2D eigenvalue weighted by Crippen LogP contribution is 2.22. The van der Waals surface area contributed by atoms with Gasteiger partial charge in [-0.3, -0.25) is 0 Å². The fourth-order valence-electron chi connectivity index (χ4n) is 1.92. The number of rotatable bonds is 8. The molecular formula is C15H23N5S.